The lowest BCUT2D eigenvalue weighted by molar-refractivity contribution is -0.142. The molecule has 2 aliphatic heterocycles. The summed E-state index contributed by atoms with van der Waals surface area (Å²) in [6, 6.07) is 0. The Kier molecular flexibility index (Phi) is 5.95. The van der Waals surface area contributed by atoms with Crippen molar-refractivity contribution >= 4 is 53.5 Å². The molecule has 4 amide bonds. The van der Waals surface area contributed by atoms with Crippen molar-refractivity contribution in [3.63, 3.8) is 0 Å². The molecular formula is C15H18N6O4S2. The first kappa shape index (κ1) is 19.5. The molecule has 12 heteroatoms. The Labute approximate surface area is 164 Å². The highest BCUT2D eigenvalue weighted by Crippen LogP contribution is 2.30. The van der Waals surface area contributed by atoms with Gasteiger partial charge in [-0.2, -0.15) is 15.0 Å². The minimum absolute atomic E-state index is 0.150. The van der Waals surface area contributed by atoms with Gasteiger partial charge >= 0.3 is 0 Å². The molecule has 1 aromatic heterocycles. The number of piperidine rings is 2. The van der Waals surface area contributed by atoms with Crippen LogP contribution in [-0.4, -0.2) is 61.3 Å². The lowest BCUT2D eigenvalue weighted by Crippen LogP contribution is -2.35. The van der Waals surface area contributed by atoms with E-state index >= 15 is 0 Å². The van der Waals surface area contributed by atoms with Gasteiger partial charge in [0.15, 0.2) is 0 Å². The number of carbonyl (C=O) groups excluding carboxylic acids is 4. The summed E-state index contributed by atoms with van der Waals surface area (Å²) in [5, 5.41) is 0.299. The van der Waals surface area contributed by atoms with Gasteiger partial charge in [0.2, 0.25) is 39.9 Å². The highest BCUT2D eigenvalue weighted by atomic mass is 32.2. The molecule has 1 aromatic rings. The third-order valence-corrected chi connectivity index (χ3v) is 5.67. The molecule has 0 unspecified atom stereocenters. The maximum Gasteiger partial charge on any atom is 0.239 e. The first-order valence-corrected chi connectivity index (χ1v) is 9.91. The summed E-state index contributed by atoms with van der Waals surface area (Å²) in [7, 11) is 3.46. The zero-order valence-electron chi connectivity index (χ0n) is 14.9. The van der Waals surface area contributed by atoms with Crippen LogP contribution in [0.4, 0.5) is 5.95 Å². The van der Waals surface area contributed by atoms with Crippen LogP contribution < -0.4 is 4.90 Å². The zero-order valence-corrected chi connectivity index (χ0v) is 16.5. The van der Waals surface area contributed by atoms with E-state index in [-0.39, 0.29) is 33.9 Å². The Hall–Kier alpha value is -2.21. The van der Waals surface area contributed by atoms with E-state index in [2.05, 4.69) is 15.0 Å². The number of anilines is 1. The molecule has 2 aliphatic rings. The molecule has 0 spiro atoms. The molecule has 2 fully saturated rings. The third kappa shape index (κ3) is 4.56. The summed E-state index contributed by atoms with van der Waals surface area (Å²) in [5.41, 5.74) is 0. The second-order valence-corrected chi connectivity index (χ2v) is 7.97. The van der Waals surface area contributed by atoms with Crippen LogP contribution in [0, 0.1) is 0 Å². The molecule has 10 nitrogen and oxygen atoms in total. The van der Waals surface area contributed by atoms with Gasteiger partial charge in [0.25, 0.3) is 0 Å². The number of hydrogen-bond acceptors (Lipinski definition) is 10. The van der Waals surface area contributed by atoms with E-state index in [1.807, 2.05) is 0 Å². The molecule has 3 heterocycles. The number of rotatable bonds is 5. The summed E-state index contributed by atoms with van der Waals surface area (Å²) in [4.78, 5) is 62.4. The Morgan fingerprint density at radius 2 is 1.07 bits per heavy atom. The summed E-state index contributed by atoms with van der Waals surface area (Å²) in [6.45, 7) is 0. The van der Waals surface area contributed by atoms with E-state index in [0.717, 1.165) is 32.5 Å². The van der Waals surface area contributed by atoms with Crippen molar-refractivity contribution in [1.29, 1.82) is 0 Å². The molecule has 3 rings (SSSR count). The second kappa shape index (κ2) is 8.21. The van der Waals surface area contributed by atoms with Crippen LogP contribution in [-0.2, 0) is 19.2 Å². The third-order valence-electron chi connectivity index (χ3n) is 3.80. The molecular weight excluding hydrogens is 392 g/mol. The van der Waals surface area contributed by atoms with Gasteiger partial charge in [-0.05, 0) is 12.8 Å². The standard InChI is InChI=1S/C15H18N6O4S2/c1-19(2)13-16-14(26-20-9(22)5-3-6-10(20)23)18-15(17-13)27-21-11(24)7-4-8-12(21)25/h3-8H2,1-2H3. The summed E-state index contributed by atoms with van der Waals surface area (Å²) in [6.07, 6.45) is 2.25. The number of imide groups is 2. The number of hydrogen-bond donors (Lipinski definition) is 0. The molecule has 0 saturated carbocycles. The Morgan fingerprint density at radius 3 is 1.41 bits per heavy atom. The normalized spacial score (nSPS) is 18.3. The van der Waals surface area contributed by atoms with Gasteiger partial charge in [0.05, 0.1) is 0 Å². The zero-order chi connectivity index (χ0) is 19.6. The topological polar surface area (TPSA) is 117 Å². The average molecular weight is 410 g/mol. The second-order valence-electron chi connectivity index (χ2n) is 6.15. The van der Waals surface area contributed by atoms with E-state index in [9.17, 15) is 19.2 Å². The fraction of sp³-hybridized carbons (Fsp3) is 0.533. The average Bonchev–Trinajstić information content (AvgIpc) is 2.61. The highest BCUT2D eigenvalue weighted by molar-refractivity contribution is 7.98. The van der Waals surface area contributed by atoms with Crippen molar-refractivity contribution in [1.82, 2.24) is 23.6 Å². The van der Waals surface area contributed by atoms with E-state index in [4.69, 9.17) is 0 Å². The van der Waals surface area contributed by atoms with Crippen LogP contribution in [0.2, 0.25) is 0 Å². The van der Waals surface area contributed by atoms with E-state index in [1.165, 1.54) is 0 Å². The van der Waals surface area contributed by atoms with E-state index in [1.54, 1.807) is 19.0 Å². The SMILES string of the molecule is CN(C)c1nc(SN2C(=O)CCCC2=O)nc(SN2C(=O)CCCC2=O)n1. The van der Waals surface area contributed by atoms with Crippen LogP contribution in [0.5, 0.6) is 0 Å². The van der Waals surface area contributed by atoms with Gasteiger partial charge in [0.1, 0.15) is 0 Å². The van der Waals surface area contributed by atoms with Crippen molar-refractivity contribution < 1.29 is 19.2 Å². The van der Waals surface area contributed by atoms with Gasteiger partial charge in [-0.1, -0.05) is 0 Å². The summed E-state index contributed by atoms with van der Waals surface area (Å²) < 4.78 is 2.12. The first-order valence-electron chi connectivity index (χ1n) is 8.36. The lowest BCUT2D eigenvalue weighted by atomic mass is 10.1. The number of carbonyl (C=O) groups is 4. The molecule has 0 radical (unpaired) electrons. The molecule has 0 atom stereocenters. The van der Waals surface area contributed by atoms with Crippen LogP contribution in [0.15, 0.2) is 10.3 Å². The quantitative estimate of drug-likeness (QED) is 0.514. The predicted octanol–water partition coefficient (Wildman–Crippen LogP) is 1.03. The maximum atomic E-state index is 12.0. The Balaban J connectivity index is 1.86. The van der Waals surface area contributed by atoms with Gasteiger partial charge < -0.3 is 4.90 Å². The summed E-state index contributed by atoms with van der Waals surface area (Å²) in [5.74, 6) is -0.876. The smallest absolute Gasteiger partial charge is 0.239 e. The summed E-state index contributed by atoms with van der Waals surface area (Å²) >= 11 is 1.67. The first-order chi connectivity index (χ1) is 12.8. The van der Waals surface area contributed by atoms with Gasteiger partial charge in [-0.25, -0.2) is 8.61 Å². The monoisotopic (exact) mass is 410 g/mol. The predicted molar refractivity (Wildman–Crippen MR) is 97.3 cm³/mol. The van der Waals surface area contributed by atoms with E-state index in [0.29, 0.717) is 44.5 Å². The van der Waals surface area contributed by atoms with E-state index < -0.39 is 0 Å². The molecule has 0 N–H and O–H groups in total. The van der Waals surface area contributed by atoms with Crippen LogP contribution in [0.3, 0.4) is 0 Å². The fourth-order valence-corrected chi connectivity index (χ4v) is 4.10. The minimum Gasteiger partial charge on any atom is -0.347 e. The van der Waals surface area contributed by atoms with Crippen molar-refractivity contribution in [2.75, 3.05) is 19.0 Å². The van der Waals surface area contributed by atoms with Gasteiger partial charge in [-0.15, -0.1) is 0 Å². The number of aromatic nitrogens is 3. The fourth-order valence-electron chi connectivity index (χ4n) is 2.44. The molecule has 144 valence electrons. The molecule has 0 aliphatic carbocycles. The number of nitrogens with zero attached hydrogens (tertiary/aromatic N) is 6. The molecule has 27 heavy (non-hydrogen) atoms. The Bertz CT molecular complexity index is 712. The maximum absolute atomic E-state index is 12.0. The van der Waals surface area contributed by atoms with Gasteiger partial charge in [0, 0.05) is 63.7 Å². The highest BCUT2D eigenvalue weighted by Gasteiger charge is 2.31. The van der Waals surface area contributed by atoms with Crippen LogP contribution in [0.1, 0.15) is 38.5 Å². The minimum atomic E-state index is -0.293. The molecule has 0 bridgehead atoms. The largest absolute Gasteiger partial charge is 0.347 e. The van der Waals surface area contributed by atoms with Crippen molar-refractivity contribution in [2.24, 2.45) is 0 Å². The molecule has 2 saturated heterocycles. The van der Waals surface area contributed by atoms with Gasteiger partial charge in [-0.3, -0.25) is 19.2 Å². The Morgan fingerprint density at radius 1 is 0.704 bits per heavy atom. The van der Waals surface area contributed by atoms with Crippen molar-refractivity contribution in [2.45, 2.75) is 48.8 Å². The van der Waals surface area contributed by atoms with Crippen LogP contribution in [0.25, 0.3) is 0 Å². The van der Waals surface area contributed by atoms with Crippen LogP contribution >= 0.6 is 23.9 Å². The molecule has 0 aromatic carbocycles. The number of amides is 4. The van der Waals surface area contributed by atoms with Crippen molar-refractivity contribution in [3.05, 3.63) is 0 Å². The van der Waals surface area contributed by atoms with Crippen molar-refractivity contribution in [3.8, 4) is 0 Å². The lowest BCUT2D eigenvalue weighted by Gasteiger charge is -2.24.